The molecule has 0 saturated carbocycles. The molecule has 1 aromatic rings. The Kier molecular flexibility index (Phi) is 4.01. The van der Waals surface area contributed by atoms with Crippen LogP contribution in [0.3, 0.4) is 0 Å². The molecule has 2 atom stereocenters. The van der Waals surface area contributed by atoms with Crippen LogP contribution >= 0.6 is 0 Å². The van der Waals surface area contributed by atoms with Gasteiger partial charge in [-0.3, -0.25) is 4.98 Å². The minimum Gasteiger partial charge on any atom is -0.264 e. The molecule has 2 heteroatoms. The van der Waals surface area contributed by atoms with E-state index in [1.54, 1.807) is 0 Å². The van der Waals surface area contributed by atoms with Gasteiger partial charge in [0.2, 0.25) is 0 Å². The van der Waals surface area contributed by atoms with E-state index in [9.17, 15) is 0 Å². The Hall–Kier alpha value is -1.18. The highest BCUT2D eigenvalue weighted by atomic mass is 14.8. The molecule has 2 heterocycles. The van der Waals surface area contributed by atoms with Gasteiger partial charge in [-0.1, -0.05) is 20.4 Å². The first-order valence-corrected chi connectivity index (χ1v) is 5.33. The van der Waals surface area contributed by atoms with E-state index in [1.165, 1.54) is 17.7 Å². The largest absolute Gasteiger partial charge is 0.264 e. The molecule has 0 amide bonds. The standard InChI is InChI=1S/C12H16N2.CH4/c1-3-12-11(7-9(2)14-12)10-5-4-6-13-8-10;/h4-6,8-9,11H,3,7H2,1-2H3;1H4/p+1/t9-,11-;/m1./s1. The topological polar surface area (TPSA) is 26.9 Å². The average Bonchev–Trinajstić information content (AvgIpc) is 2.61. The number of nitrogens with one attached hydrogen (secondary N) is 1. The lowest BCUT2D eigenvalue weighted by Crippen LogP contribution is -2.75. The predicted molar refractivity (Wildman–Crippen MR) is 64.0 cm³/mol. The molecule has 0 radical (unpaired) electrons. The fourth-order valence-corrected chi connectivity index (χ4v) is 2.24. The van der Waals surface area contributed by atoms with Crippen molar-refractivity contribution >= 4 is 5.71 Å². The molecule has 1 N–H and O–H groups in total. The number of nitrogens with zero attached hydrogens (tertiary/aromatic N) is 1. The van der Waals surface area contributed by atoms with Gasteiger partial charge in [0.05, 0.1) is 5.92 Å². The van der Waals surface area contributed by atoms with Gasteiger partial charge in [0.15, 0.2) is 5.71 Å². The summed E-state index contributed by atoms with van der Waals surface area (Å²) in [6.07, 6.45) is 6.14. The molecule has 0 aliphatic carbocycles. The Labute approximate surface area is 92.5 Å². The lowest BCUT2D eigenvalue weighted by molar-refractivity contribution is -0.489. The predicted octanol–water partition coefficient (Wildman–Crippen LogP) is 1.53. The highest BCUT2D eigenvalue weighted by Gasteiger charge is 2.31. The van der Waals surface area contributed by atoms with Crippen molar-refractivity contribution in [3.05, 3.63) is 30.1 Å². The summed E-state index contributed by atoms with van der Waals surface area (Å²) in [6.45, 7) is 4.45. The second kappa shape index (κ2) is 5.06. The van der Waals surface area contributed by atoms with Crippen LogP contribution in [0.2, 0.25) is 0 Å². The van der Waals surface area contributed by atoms with E-state index in [1.807, 2.05) is 18.5 Å². The van der Waals surface area contributed by atoms with Gasteiger partial charge < -0.3 is 0 Å². The summed E-state index contributed by atoms with van der Waals surface area (Å²) in [6, 6.07) is 4.80. The van der Waals surface area contributed by atoms with Crippen molar-refractivity contribution < 1.29 is 4.99 Å². The van der Waals surface area contributed by atoms with Gasteiger partial charge >= 0.3 is 0 Å². The first kappa shape index (κ1) is 11.9. The first-order valence-electron chi connectivity index (χ1n) is 5.33. The zero-order valence-electron chi connectivity index (χ0n) is 8.83. The van der Waals surface area contributed by atoms with Crippen LogP contribution in [0.25, 0.3) is 0 Å². The molecule has 1 aliphatic heterocycles. The van der Waals surface area contributed by atoms with Crippen LogP contribution in [-0.2, 0) is 0 Å². The van der Waals surface area contributed by atoms with Gasteiger partial charge in [0.25, 0.3) is 0 Å². The maximum absolute atomic E-state index is 4.18. The smallest absolute Gasteiger partial charge is 0.158 e. The number of rotatable bonds is 2. The quantitative estimate of drug-likeness (QED) is 0.778. The maximum atomic E-state index is 4.18. The van der Waals surface area contributed by atoms with Crippen molar-refractivity contribution in [1.82, 2.24) is 4.98 Å². The van der Waals surface area contributed by atoms with Crippen LogP contribution in [0.4, 0.5) is 0 Å². The van der Waals surface area contributed by atoms with Gasteiger partial charge in [0, 0.05) is 25.2 Å². The van der Waals surface area contributed by atoms with E-state index in [4.69, 9.17) is 0 Å². The fraction of sp³-hybridized carbons (Fsp3) is 0.538. The van der Waals surface area contributed by atoms with Crippen molar-refractivity contribution in [2.75, 3.05) is 0 Å². The second-order valence-corrected chi connectivity index (χ2v) is 4.00. The Balaban J connectivity index is 0.00000112. The molecular formula is C13H21N2+. The van der Waals surface area contributed by atoms with E-state index in [0.29, 0.717) is 12.0 Å². The highest BCUT2D eigenvalue weighted by Crippen LogP contribution is 2.23. The van der Waals surface area contributed by atoms with E-state index < -0.39 is 0 Å². The van der Waals surface area contributed by atoms with Gasteiger partial charge in [-0.2, -0.15) is 0 Å². The van der Waals surface area contributed by atoms with Crippen LogP contribution in [0.1, 0.15) is 45.6 Å². The van der Waals surface area contributed by atoms with Gasteiger partial charge in [-0.05, 0) is 18.6 Å². The molecule has 15 heavy (non-hydrogen) atoms. The van der Waals surface area contributed by atoms with Crippen LogP contribution in [0, 0.1) is 0 Å². The van der Waals surface area contributed by atoms with Gasteiger partial charge in [-0.15, -0.1) is 0 Å². The van der Waals surface area contributed by atoms with Crippen molar-refractivity contribution in [2.24, 2.45) is 0 Å². The molecule has 0 unspecified atom stereocenters. The average molecular weight is 205 g/mol. The highest BCUT2D eigenvalue weighted by molar-refractivity contribution is 5.86. The summed E-state index contributed by atoms with van der Waals surface area (Å²) in [5.74, 6) is 0.573. The summed E-state index contributed by atoms with van der Waals surface area (Å²) >= 11 is 0. The monoisotopic (exact) mass is 205 g/mol. The van der Waals surface area contributed by atoms with Crippen molar-refractivity contribution in [2.45, 2.75) is 46.1 Å². The van der Waals surface area contributed by atoms with Crippen molar-refractivity contribution in [3.63, 3.8) is 0 Å². The third kappa shape index (κ3) is 2.44. The molecule has 0 saturated heterocycles. The fourth-order valence-electron chi connectivity index (χ4n) is 2.24. The number of hydrogen-bond donors (Lipinski definition) is 1. The lowest BCUT2D eigenvalue weighted by atomic mass is 9.92. The minimum atomic E-state index is 0. The Morgan fingerprint density at radius 2 is 2.33 bits per heavy atom. The summed E-state index contributed by atoms with van der Waals surface area (Å²) in [5.41, 5.74) is 2.81. The molecule has 0 aromatic carbocycles. The first-order chi connectivity index (χ1) is 6.81. The normalized spacial score (nSPS) is 24.5. The molecule has 1 aliphatic rings. The van der Waals surface area contributed by atoms with E-state index in [2.05, 4.69) is 29.9 Å². The number of aromatic nitrogens is 1. The SMILES string of the molecule is C.CCC1=[NH+][C@H](C)C[C@@H]1c1cccnc1. The van der Waals surface area contributed by atoms with Crippen molar-refractivity contribution in [1.29, 1.82) is 0 Å². The lowest BCUT2D eigenvalue weighted by Gasteiger charge is -2.07. The van der Waals surface area contributed by atoms with E-state index in [0.717, 1.165) is 6.42 Å². The van der Waals surface area contributed by atoms with E-state index in [-0.39, 0.29) is 7.43 Å². The molecule has 0 fully saturated rings. The molecule has 82 valence electrons. The Morgan fingerprint density at radius 3 is 2.93 bits per heavy atom. The minimum absolute atomic E-state index is 0. The molecule has 2 rings (SSSR count). The van der Waals surface area contributed by atoms with Gasteiger partial charge in [-0.25, -0.2) is 4.99 Å². The zero-order valence-corrected chi connectivity index (χ0v) is 8.83. The molecular weight excluding hydrogens is 184 g/mol. The third-order valence-electron chi connectivity index (χ3n) is 2.91. The maximum Gasteiger partial charge on any atom is 0.158 e. The van der Waals surface area contributed by atoms with Crippen molar-refractivity contribution in [3.8, 4) is 0 Å². The molecule has 0 bridgehead atoms. The van der Waals surface area contributed by atoms with Crippen LogP contribution in [0.15, 0.2) is 24.5 Å². The van der Waals surface area contributed by atoms with Gasteiger partial charge in [0.1, 0.15) is 6.04 Å². The molecule has 2 nitrogen and oxygen atoms in total. The molecule has 1 aromatic heterocycles. The zero-order chi connectivity index (χ0) is 9.97. The summed E-state index contributed by atoms with van der Waals surface area (Å²) in [4.78, 5) is 7.72. The van der Waals surface area contributed by atoms with Crippen LogP contribution in [0.5, 0.6) is 0 Å². The van der Waals surface area contributed by atoms with Crippen LogP contribution in [-0.4, -0.2) is 16.7 Å². The summed E-state index contributed by atoms with van der Waals surface area (Å²) in [7, 11) is 0. The Morgan fingerprint density at radius 1 is 1.53 bits per heavy atom. The van der Waals surface area contributed by atoms with E-state index >= 15 is 0 Å². The Bertz CT molecular complexity index is 330. The number of pyridine rings is 1. The summed E-state index contributed by atoms with van der Waals surface area (Å²) < 4.78 is 0. The number of hydrogen-bond acceptors (Lipinski definition) is 1. The third-order valence-corrected chi connectivity index (χ3v) is 2.91. The second-order valence-electron chi connectivity index (χ2n) is 4.00. The van der Waals surface area contributed by atoms with Crippen LogP contribution < -0.4 is 4.99 Å². The molecule has 0 spiro atoms. The summed E-state index contributed by atoms with van der Waals surface area (Å²) in [5, 5.41) is 0.